The molecule has 0 spiro atoms. The van der Waals surface area contributed by atoms with E-state index in [0.29, 0.717) is 0 Å². The highest BCUT2D eigenvalue weighted by Gasteiger charge is 2.43. The molecule has 0 amide bonds. The summed E-state index contributed by atoms with van der Waals surface area (Å²) in [6.07, 6.45) is 6.10. The summed E-state index contributed by atoms with van der Waals surface area (Å²) in [5.41, 5.74) is 0. The first-order chi connectivity index (χ1) is 5.83. The largest absolute Gasteiger partial charge is 0.0683 e. The van der Waals surface area contributed by atoms with Gasteiger partial charge in [-0.15, -0.1) is 0 Å². The van der Waals surface area contributed by atoms with E-state index in [0.717, 1.165) is 23.7 Å². The van der Waals surface area contributed by atoms with E-state index < -0.39 is 0 Å². The molecule has 0 N–H and O–H groups in total. The number of hydrogen-bond donors (Lipinski definition) is 0. The molecule has 0 aromatic rings. The highest BCUT2D eigenvalue weighted by atomic mass is 14.5. The Kier molecular flexibility index (Phi) is 3.61. The first kappa shape index (κ1) is 10.1. The number of hydrogen-bond acceptors (Lipinski definition) is 0. The van der Waals surface area contributed by atoms with Crippen LogP contribution in [0, 0.1) is 23.7 Å². The second kappa shape index (κ2) is 4.30. The minimum atomic E-state index is 1.06. The topological polar surface area (TPSA) is 0 Å². The maximum Gasteiger partial charge on any atom is -0.0360 e. The summed E-state index contributed by atoms with van der Waals surface area (Å²) in [5.74, 6) is 4.41. The van der Waals surface area contributed by atoms with E-state index in [1.165, 1.54) is 6.42 Å². The Bertz CT molecular complexity index is 126. The smallest absolute Gasteiger partial charge is 0.0360 e. The SMILES string of the molecule is CC.CCC1C2CCC(C2)C1C. The Morgan fingerprint density at radius 1 is 1.08 bits per heavy atom. The summed E-state index contributed by atoms with van der Waals surface area (Å²) in [5, 5.41) is 0. The zero-order valence-electron chi connectivity index (χ0n) is 9.14. The van der Waals surface area contributed by atoms with E-state index in [2.05, 4.69) is 13.8 Å². The van der Waals surface area contributed by atoms with Gasteiger partial charge in [-0.3, -0.25) is 0 Å². The van der Waals surface area contributed by atoms with Crippen LogP contribution in [-0.4, -0.2) is 0 Å². The lowest BCUT2D eigenvalue weighted by Gasteiger charge is -2.26. The van der Waals surface area contributed by atoms with Crippen LogP contribution in [0.5, 0.6) is 0 Å². The fourth-order valence-corrected chi connectivity index (χ4v) is 3.40. The lowest BCUT2D eigenvalue weighted by atomic mass is 9.79. The van der Waals surface area contributed by atoms with Gasteiger partial charge in [0.25, 0.3) is 0 Å². The van der Waals surface area contributed by atoms with Crippen molar-refractivity contribution in [1.29, 1.82) is 0 Å². The van der Waals surface area contributed by atoms with Crippen molar-refractivity contribution >= 4 is 0 Å². The molecule has 2 saturated carbocycles. The van der Waals surface area contributed by atoms with Crippen molar-refractivity contribution in [2.45, 2.75) is 53.4 Å². The summed E-state index contributed by atoms with van der Waals surface area (Å²) in [6.45, 7) is 8.83. The van der Waals surface area contributed by atoms with E-state index in [4.69, 9.17) is 0 Å². The Labute approximate surface area is 77.7 Å². The molecule has 0 nitrogen and oxygen atoms in total. The van der Waals surface area contributed by atoms with Crippen molar-refractivity contribution in [2.24, 2.45) is 23.7 Å². The van der Waals surface area contributed by atoms with E-state index >= 15 is 0 Å². The summed E-state index contributed by atoms with van der Waals surface area (Å²) in [6, 6.07) is 0. The van der Waals surface area contributed by atoms with Crippen LogP contribution in [0.1, 0.15) is 53.4 Å². The minimum absolute atomic E-state index is 1.06. The molecule has 4 unspecified atom stereocenters. The molecule has 2 rings (SSSR count). The van der Waals surface area contributed by atoms with Gasteiger partial charge >= 0.3 is 0 Å². The fraction of sp³-hybridized carbons (Fsp3) is 1.00. The van der Waals surface area contributed by atoms with Crippen LogP contribution in [0.25, 0.3) is 0 Å². The molecule has 0 heterocycles. The summed E-state index contributed by atoms with van der Waals surface area (Å²) in [4.78, 5) is 0. The molecule has 0 radical (unpaired) electrons. The van der Waals surface area contributed by atoms with Gasteiger partial charge in [0.1, 0.15) is 0 Å². The first-order valence-electron chi connectivity index (χ1n) is 5.83. The van der Waals surface area contributed by atoms with Crippen molar-refractivity contribution in [2.75, 3.05) is 0 Å². The van der Waals surface area contributed by atoms with Gasteiger partial charge in [0.15, 0.2) is 0 Å². The van der Waals surface area contributed by atoms with Crippen LogP contribution in [0.2, 0.25) is 0 Å². The van der Waals surface area contributed by atoms with Crippen molar-refractivity contribution in [1.82, 2.24) is 0 Å². The van der Waals surface area contributed by atoms with Crippen LogP contribution in [0.4, 0.5) is 0 Å². The van der Waals surface area contributed by atoms with Crippen LogP contribution < -0.4 is 0 Å². The fourth-order valence-electron chi connectivity index (χ4n) is 3.40. The molecule has 0 aromatic heterocycles. The molecule has 12 heavy (non-hydrogen) atoms. The molecular weight excluding hydrogens is 144 g/mol. The van der Waals surface area contributed by atoms with Gasteiger partial charge in [-0.25, -0.2) is 0 Å². The molecule has 2 aliphatic rings. The van der Waals surface area contributed by atoms with Gasteiger partial charge in [-0.2, -0.15) is 0 Å². The van der Waals surface area contributed by atoms with Crippen LogP contribution in [-0.2, 0) is 0 Å². The molecule has 0 aliphatic heterocycles. The van der Waals surface area contributed by atoms with Crippen molar-refractivity contribution in [3.8, 4) is 0 Å². The lowest BCUT2D eigenvalue weighted by Crippen LogP contribution is -2.18. The highest BCUT2D eigenvalue weighted by Crippen LogP contribution is 2.52. The normalized spacial score (nSPS) is 44.0. The third kappa shape index (κ3) is 1.53. The van der Waals surface area contributed by atoms with Crippen molar-refractivity contribution in [3.05, 3.63) is 0 Å². The summed E-state index contributed by atoms with van der Waals surface area (Å²) < 4.78 is 0. The monoisotopic (exact) mass is 168 g/mol. The van der Waals surface area contributed by atoms with Crippen molar-refractivity contribution in [3.63, 3.8) is 0 Å². The molecule has 0 aromatic carbocycles. The molecule has 0 heteroatoms. The zero-order chi connectivity index (χ0) is 9.14. The Hall–Kier alpha value is 0. The van der Waals surface area contributed by atoms with Gasteiger partial charge in [0.2, 0.25) is 0 Å². The van der Waals surface area contributed by atoms with Gasteiger partial charge < -0.3 is 0 Å². The van der Waals surface area contributed by atoms with Crippen LogP contribution in [0.15, 0.2) is 0 Å². The maximum absolute atomic E-state index is 2.47. The minimum Gasteiger partial charge on any atom is -0.0683 e. The van der Waals surface area contributed by atoms with Crippen LogP contribution in [0.3, 0.4) is 0 Å². The molecule has 4 atom stereocenters. The zero-order valence-corrected chi connectivity index (χ0v) is 9.14. The van der Waals surface area contributed by atoms with Gasteiger partial charge in [0, 0.05) is 0 Å². The van der Waals surface area contributed by atoms with E-state index in [-0.39, 0.29) is 0 Å². The molecule has 0 saturated heterocycles. The van der Waals surface area contributed by atoms with E-state index in [1.54, 1.807) is 19.3 Å². The lowest BCUT2D eigenvalue weighted by molar-refractivity contribution is 0.233. The second-order valence-corrected chi connectivity index (χ2v) is 4.26. The highest BCUT2D eigenvalue weighted by molar-refractivity contribution is 4.93. The Morgan fingerprint density at radius 2 is 1.67 bits per heavy atom. The predicted octanol–water partition coefficient (Wildman–Crippen LogP) is 4.10. The predicted molar refractivity (Wildman–Crippen MR) is 55.1 cm³/mol. The van der Waals surface area contributed by atoms with E-state index in [1.807, 2.05) is 13.8 Å². The molecule has 72 valence electrons. The van der Waals surface area contributed by atoms with Gasteiger partial charge in [0.05, 0.1) is 0 Å². The average molecular weight is 168 g/mol. The molecule has 2 bridgehead atoms. The number of fused-ring (bicyclic) bond motifs is 2. The first-order valence-corrected chi connectivity index (χ1v) is 5.83. The van der Waals surface area contributed by atoms with E-state index in [9.17, 15) is 0 Å². The summed E-state index contributed by atoms with van der Waals surface area (Å²) >= 11 is 0. The molecular formula is C12H24. The molecule has 2 aliphatic carbocycles. The Morgan fingerprint density at radius 3 is 2.00 bits per heavy atom. The average Bonchev–Trinajstić information content (AvgIpc) is 2.68. The second-order valence-electron chi connectivity index (χ2n) is 4.26. The quantitative estimate of drug-likeness (QED) is 0.553. The summed E-state index contributed by atoms with van der Waals surface area (Å²) in [7, 11) is 0. The third-order valence-electron chi connectivity index (χ3n) is 4.01. The standard InChI is InChI=1S/C10H18.C2H6/c1-3-10-7(2)8-4-5-9(10)6-8;1-2/h7-10H,3-6H2,1-2H3;1-2H3. The Balaban J connectivity index is 0.000000336. The maximum atomic E-state index is 2.47. The van der Waals surface area contributed by atoms with Gasteiger partial charge in [-0.1, -0.05) is 34.1 Å². The van der Waals surface area contributed by atoms with Crippen molar-refractivity contribution < 1.29 is 0 Å². The third-order valence-corrected chi connectivity index (χ3v) is 4.01. The van der Waals surface area contributed by atoms with Gasteiger partial charge in [-0.05, 0) is 42.9 Å². The van der Waals surface area contributed by atoms with Crippen LogP contribution >= 0.6 is 0 Å². The molecule has 2 fully saturated rings. The number of rotatable bonds is 1.